The van der Waals surface area contributed by atoms with E-state index < -0.39 is 0 Å². The first-order valence-electron chi connectivity index (χ1n) is 9.32. The summed E-state index contributed by atoms with van der Waals surface area (Å²) in [6.07, 6.45) is 0.167. The van der Waals surface area contributed by atoms with E-state index in [1.807, 2.05) is 55.5 Å². The van der Waals surface area contributed by atoms with Gasteiger partial charge in [0.25, 0.3) is 0 Å². The summed E-state index contributed by atoms with van der Waals surface area (Å²) >= 11 is 0. The molecule has 0 aliphatic carbocycles. The number of esters is 1. The van der Waals surface area contributed by atoms with E-state index in [0.29, 0.717) is 19.6 Å². The maximum absolute atomic E-state index is 12.1. The van der Waals surface area contributed by atoms with Gasteiger partial charge in [0, 0.05) is 12.1 Å². The van der Waals surface area contributed by atoms with Crippen LogP contribution in [0.3, 0.4) is 0 Å². The molecule has 2 aromatic carbocycles. The van der Waals surface area contributed by atoms with Gasteiger partial charge in [-0.2, -0.15) is 0 Å². The third-order valence-corrected chi connectivity index (χ3v) is 4.26. The van der Waals surface area contributed by atoms with E-state index in [1.54, 1.807) is 25.9 Å². The molecule has 6 nitrogen and oxygen atoms in total. The Morgan fingerprint density at radius 1 is 1.18 bits per heavy atom. The van der Waals surface area contributed by atoms with Gasteiger partial charge in [0.15, 0.2) is 0 Å². The van der Waals surface area contributed by atoms with Crippen molar-refractivity contribution in [1.82, 2.24) is 0 Å². The first kappa shape index (κ1) is 21.3. The van der Waals surface area contributed by atoms with Crippen LogP contribution >= 0.6 is 0 Å². The third-order valence-electron chi connectivity index (χ3n) is 4.26. The Morgan fingerprint density at radius 3 is 2.46 bits per heavy atom. The molecule has 1 fully saturated rings. The molecule has 6 heteroatoms. The standard InChI is InChI=1S/C17H17NO3.C5H10O2/c1-12-6-8-14(9-7-12)18-16(11-21-17(18)19)13-4-3-5-15(10-13)20-2;1-3-5(6)7-4-2/h3-10,16H,11H2,1-2H3;3-4H2,1-2H3. The van der Waals surface area contributed by atoms with Gasteiger partial charge in [-0.3, -0.25) is 9.69 Å². The van der Waals surface area contributed by atoms with Crippen LogP contribution in [0.15, 0.2) is 48.5 Å². The number of nitrogens with zero attached hydrogens (tertiary/aromatic N) is 1. The van der Waals surface area contributed by atoms with E-state index in [9.17, 15) is 9.59 Å². The highest BCUT2D eigenvalue weighted by Gasteiger charge is 2.35. The Morgan fingerprint density at radius 2 is 1.89 bits per heavy atom. The molecule has 0 radical (unpaired) electrons. The minimum absolute atomic E-state index is 0.123. The number of cyclic esters (lactones) is 1. The van der Waals surface area contributed by atoms with Crippen molar-refractivity contribution in [3.63, 3.8) is 0 Å². The van der Waals surface area contributed by atoms with Crippen molar-refractivity contribution < 1.29 is 23.8 Å². The van der Waals surface area contributed by atoms with Crippen LogP contribution in [0.2, 0.25) is 0 Å². The first-order chi connectivity index (χ1) is 13.5. The fourth-order valence-corrected chi connectivity index (χ4v) is 2.77. The van der Waals surface area contributed by atoms with Crippen molar-refractivity contribution in [2.45, 2.75) is 33.2 Å². The number of carbonyl (C=O) groups excluding carboxylic acids is 2. The minimum atomic E-state index is -0.313. The molecule has 1 unspecified atom stereocenters. The zero-order valence-electron chi connectivity index (χ0n) is 16.8. The summed E-state index contributed by atoms with van der Waals surface area (Å²) in [5, 5.41) is 0. The summed E-state index contributed by atoms with van der Waals surface area (Å²) in [6.45, 7) is 6.43. The number of hydrogen-bond donors (Lipinski definition) is 0. The van der Waals surface area contributed by atoms with Crippen LogP contribution in [0.5, 0.6) is 5.75 Å². The molecule has 0 N–H and O–H groups in total. The maximum Gasteiger partial charge on any atom is 0.415 e. The number of rotatable bonds is 5. The molecule has 1 aliphatic heterocycles. The molecule has 2 aromatic rings. The minimum Gasteiger partial charge on any atom is -0.497 e. The number of anilines is 1. The lowest BCUT2D eigenvalue weighted by atomic mass is 10.1. The van der Waals surface area contributed by atoms with Crippen molar-refractivity contribution in [3.05, 3.63) is 59.7 Å². The average Bonchev–Trinajstić information content (AvgIpc) is 3.10. The van der Waals surface area contributed by atoms with Gasteiger partial charge in [-0.15, -0.1) is 0 Å². The summed E-state index contributed by atoms with van der Waals surface area (Å²) in [5.74, 6) is 0.651. The second-order valence-electron chi connectivity index (χ2n) is 6.23. The largest absolute Gasteiger partial charge is 0.497 e. The Balaban J connectivity index is 0.000000345. The number of ether oxygens (including phenoxy) is 3. The molecule has 1 heterocycles. The van der Waals surface area contributed by atoms with Crippen molar-refractivity contribution in [2.24, 2.45) is 0 Å². The highest BCUT2D eigenvalue weighted by Crippen LogP contribution is 2.34. The van der Waals surface area contributed by atoms with Crippen LogP contribution < -0.4 is 9.64 Å². The number of hydrogen-bond acceptors (Lipinski definition) is 5. The Hall–Kier alpha value is -3.02. The molecule has 1 amide bonds. The quantitative estimate of drug-likeness (QED) is 0.700. The van der Waals surface area contributed by atoms with Gasteiger partial charge in [-0.25, -0.2) is 4.79 Å². The molecule has 1 aliphatic rings. The molecule has 3 rings (SSSR count). The Bertz CT molecular complexity index is 788. The van der Waals surface area contributed by atoms with Crippen LogP contribution in [0.25, 0.3) is 0 Å². The van der Waals surface area contributed by atoms with Crippen molar-refractivity contribution >= 4 is 17.7 Å². The van der Waals surface area contributed by atoms with E-state index in [1.165, 1.54) is 0 Å². The third kappa shape index (κ3) is 5.49. The number of methoxy groups -OCH3 is 1. The van der Waals surface area contributed by atoms with Crippen LogP contribution in [-0.4, -0.2) is 32.4 Å². The van der Waals surface area contributed by atoms with Gasteiger partial charge in [-0.05, 0) is 43.7 Å². The van der Waals surface area contributed by atoms with E-state index in [-0.39, 0.29) is 18.1 Å². The van der Waals surface area contributed by atoms with Crippen LogP contribution in [0.1, 0.15) is 37.4 Å². The smallest absolute Gasteiger partial charge is 0.415 e. The van der Waals surface area contributed by atoms with Crippen molar-refractivity contribution in [1.29, 1.82) is 0 Å². The molecule has 0 aromatic heterocycles. The summed E-state index contributed by atoms with van der Waals surface area (Å²) in [7, 11) is 1.63. The van der Waals surface area contributed by atoms with Gasteiger partial charge >= 0.3 is 12.1 Å². The monoisotopic (exact) mass is 385 g/mol. The number of benzene rings is 2. The summed E-state index contributed by atoms with van der Waals surface area (Å²) in [4.78, 5) is 23.9. The maximum atomic E-state index is 12.1. The van der Waals surface area contributed by atoms with Crippen molar-refractivity contribution in [3.8, 4) is 5.75 Å². The van der Waals surface area contributed by atoms with Gasteiger partial charge < -0.3 is 14.2 Å². The SMILES string of the molecule is CCOC(=O)CC.COc1cccc(C2COC(=O)N2c2ccc(C)cc2)c1. The van der Waals surface area contributed by atoms with Gasteiger partial charge in [0.1, 0.15) is 12.4 Å². The topological polar surface area (TPSA) is 65.1 Å². The number of amides is 1. The zero-order valence-corrected chi connectivity index (χ0v) is 16.8. The molecule has 150 valence electrons. The molecular weight excluding hydrogens is 358 g/mol. The fraction of sp³-hybridized carbons (Fsp3) is 0.364. The molecule has 28 heavy (non-hydrogen) atoms. The normalized spacial score (nSPS) is 15.4. The Kier molecular flexibility index (Phi) is 7.87. The molecule has 1 saturated heterocycles. The fourth-order valence-electron chi connectivity index (χ4n) is 2.77. The van der Waals surface area contributed by atoms with Gasteiger partial charge in [0.05, 0.1) is 19.8 Å². The molecule has 1 atom stereocenters. The lowest BCUT2D eigenvalue weighted by Gasteiger charge is -2.22. The van der Waals surface area contributed by atoms with Crippen LogP contribution in [-0.2, 0) is 14.3 Å². The van der Waals surface area contributed by atoms with E-state index in [0.717, 1.165) is 22.6 Å². The van der Waals surface area contributed by atoms with Gasteiger partial charge in [-0.1, -0.05) is 36.8 Å². The van der Waals surface area contributed by atoms with Crippen molar-refractivity contribution in [2.75, 3.05) is 25.2 Å². The second-order valence-corrected chi connectivity index (χ2v) is 6.23. The zero-order chi connectivity index (χ0) is 20.5. The summed E-state index contributed by atoms with van der Waals surface area (Å²) < 4.78 is 15.0. The van der Waals surface area contributed by atoms with E-state index >= 15 is 0 Å². The predicted molar refractivity (Wildman–Crippen MR) is 108 cm³/mol. The number of aryl methyl sites for hydroxylation is 1. The first-order valence-corrected chi connectivity index (χ1v) is 9.32. The molecule has 0 saturated carbocycles. The highest BCUT2D eigenvalue weighted by molar-refractivity contribution is 5.90. The predicted octanol–water partition coefficient (Wildman–Crippen LogP) is 4.66. The van der Waals surface area contributed by atoms with E-state index in [4.69, 9.17) is 9.47 Å². The lowest BCUT2D eigenvalue weighted by molar-refractivity contribution is -0.142. The van der Waals surface area contributed by atoms with Gasteiger partial charge in [0.2, 0.25) is 0 Å². The second kappa shape index (κ2) is 10.3. The lowest BCUT2D eigenvalue weighted by Crippen LogP contribution is -2.27. The number of carbonyl (C=O) groups is 2. The highest BCUT2D eigenvalue weighted by atomic mass is 16.6. The van der Waals surface area contributed by atoms with Crippen LogP contribution in [0, 0.1) is 6.92 Å². The molecule has 0 bridgehead atoms. The Labute approximate surface area is 166 Å². The summed E-state index contributed by atoms with van der Waals surface area (Å²) in [6, 6.07) is 15.5. The van der Waals surface area contributed by atoms with Crippen LogP contribution in [0.4, 0.5) is 10.5 Å². The average molecular weight is 385 g/mol. The summed E-state index contributed by atoms with van der Waals surface area (Å²) in [5.41, 5.74) is 3.00. The molecular formula is C22H27NO5. The molecule has 0 spiro atoms. The van der Waals surface area contributed by atoms with E-state index in [2.05, 4.69) is 4.74 Å².